The third-order valence-corrected chi connectivity index (χ3v) is 3.87. The van der Waals surface area contributed by atoms with Crippen molar-refractivity contribution in [3.05, 3.63) is 39.9 Å². The summed E-state index contributed by atoms with van der Waals surface area (Å²) < 4.78 is 5.61. The van der Waals surface area contributed by atoms with Crippen LogP contribution in [-0.4, -0.2) is 13.7 Å². The van der Waals surface area contributed by atoms with Gasteiger partial charge in [0.2, 0.25) is 0 Å². The molecule has 0 bridgehead atoms. The van der Waals surface area contributed by atoms with Gasteiger partial charge in [-0.1, -0.05) is 29.3 Å². The SMILES string of the molecule is CNC1CCCc2ccc(OC/C(Cl)=C/Cl)cc21. The summed E-state index contributed by atoms with van der Waals surface area (Å²) in [5, 5.41) is 3.85. The molecule has 1 aliphatic rings. The van der Waals surface area contributed by atoms with Crippen LogP contribution in [0.1, 0.15) is 30.0 Å². The van der Waals surface area contributed by atoms with Crippen LogP contribution in [0.2, 0.25) is 0 Å². The smallest absolute Gasteiger partial charge is 0.125 e. The fraction of sp³-hybridized carbons (Fsp3) is 0.429. The van der Waals surface area contributed by atoms with Crippen molar-refractivity contribution < 1.29 is 4.74 Å². The third kappa shape index (κ3) is 3.19. The van der Waals surface area contributed by atoms with E-state index in [9.17, 15) is 0 Å². The van der Waals surface area contributed by atoms with Crippen LogP contribution in [0.15, 0.2) is 28.8 Å². The zero-order chi connectivity index (χ0) is 13.0. The number of rotatable bonds is 4. The molecule has 0 radical (unpaired) electrons. The highest BCUT2D eigenvalue weighted by molar-refractivity contribution is 6.36. The van der Waals surface area contributed by atoms with Gasteiger partial charge < -0.3 is 10.1 Å². The van der Waals surface area contributed by atoms with Crippen molar-refractivity contribution in [3.63, 3.8) is 0 Å². The Morgan fingerprint density at radius 3 is 3.11 bits per heavy atom. The van der Waals surface area contributed by atoms with E-state index in [4.69, 9.17) is 27.9 Å². The minimum Gasteiger partial charge on any atom is -0.488 e. The standard InChI is InChI=1S/C14H17Cl2NO/c1-17-14-4-2-3-10-5-6-12(7-13(10)14)18-9-11(16)8-15/h5-8,14,17H,2-4,9H2,1H3/b11-8-. The maximum absolute atomic E-state index is 5.81. The number of fused-ring (bicyclic) bond motifs is 1. The lowest BCUT2D eigenvalue weighted by Crippen LogP contribution is -2.21. The molecule has 2 nitrogen and oxygen atoms in total. The Morgan fingerprint density at radius 2 is 2.39 bits per heavy atom. The molecule has 1 N–H and O–H groups in total. The first kappa shape index (κ1) is 13.7. The van der Waals surface area contributed by atoms with Crippen LogP contribution in [0, 0.1) is 0 Å². The number of hydrogen-bond acceptors (Lipinski definition) is 2. The van der Waals surface area contributed by atoms with Gasteiger partial charge in [0.05, 0.1) is 5.03 Å². The number of aryl methyl sites for hydroxylation is 1. The largest absolute Gasteiger partial charge is 0.488 e. The van der Waals surface area contributed by atoms with Gasteiger partial charge in [0.1, 0.15) is 12.4 Å². The number of hydrogen-bond donors (Lipinski definition) is 1. The predicted molar refractivity (Wildman–Crippen MR) is 76.5 cm³/mol. The van der Waals surface area contributed by atoms with Gasteiger partial charge in [0.15, 0.2) is 0 Å². The van der Waals surface area contributed by atoms with Gasteiger partial charge in [-0.2, -0.15) is 0 Å². The fourth-order valence-corrected chi connectivity index (χ4v) is 2.47. The summed E-state index contributed by atoms with van der Waals surface area (Å²) >= 11 is 11.3. The van der Waals surface area contributed by atoms with E-state index in [1.54, 1.807) is 0 Å². The molecule has 4 heteroatoms. The van der Waals surface area contributed by atoms with E-state index in [-0.39, 0.29) is 0 Å². The molecule has 1 unspecified atom stereocenters. The number of nitrogens with one attached hydrogen (secondary N) is 1. The van der Waals surface area contributed by atoms with Crippen LogP contribution in [0.25, 0.3) is 0 Å². The summed E-state index contributed by atoms with van der Waals surface area (Å²) in [7, 11) is 2.00. The quantitative estimate of drug-likeness (QED) is 0.904. The second-order valence-corrected chi connectivity index (χ2v) is 5.14. The lowest BCUT2D eigenvalue weighted by Gasteiger charge is -2.25. The van der Waals surface area contributed by atoms with Gasteiger partial charge in [-0.15, -0.1) is 0 Å². The molecule has 1 aromatic rings. The molecule has 1 aromatic carbocycles. The second kappa shape index (κ2) is 6.46. The second-order valence-electron chi connectivity index (χ2n) is 4.44. The molecular weight excluding hydrogens is 269 g/mol. The van der Waals surface area contributed by atoms with Gasteiger partial charge in [0.25, 0.3) is 0 Å². The normalized spacial score (nSPS) is 19.5. The molecule has 0 aliphatic heterocycles. The number of benzene rings is 1. The summed E-state index contributed by atoms with van der Waals surface area (Å²) in [5.41, 5.74) is 4.08. The van der Waals surface area contributed by atoms with Crippen LogP contribution in [0.4, 0.5) is 0 Å². The van der Waals surface area contributed by atoms with Crippen LogP contribution < -0.4 is 10.1 Å². The van der Waals surface area contributed by atoms with Gasteiger partial charge >= 0.3 is 0 Å². The van der Waals surface area contributed by atoms with E-state index in [0.717, 1.165) is 12.2 Å². The van der Waals surface area contributed by atoms with Crippen molar-refractivity contribution in [2.24, 2.45) is 0 Å². The van der Waals surface area contributed by atoms with E-state index < -0.39 is 0 Å². The first-order valence-electron chi connectivity index (χ1n) is 6.12. The maximum Gasteiger partial charge on any atom is 0.125 e. The zero-order valence-corrected chi connectivity index (χ0v) is 11.9. The number of ether oxygens (including phenoxy) is 1. The number of halogens is 2. The molecule has 98 valence electrons. The highest BCUT2D eigenvalue weighted by Gasteiger charge is 2.19. The zero-order valence-electron chi connectivity index (χ0n) is 10.4. The van der Waals surface area contributed by atoms with Crippen molar-refractivity contribution in [2.75, 3.05) is 13.7 Å². The van der Waals surface area contributed by atoms with E-state index in [2.05, 4.69) is 17.4 Å². The minimum atomic E-state index is 0.314. The van der Waals surface area contributed by atoms with Crippen LogP contribution in [0.3, 0.4) is 0 Å². The Morgan fingerprint density at radius 1 is 1.56 bits per heavy atom. The summed E-state index contributed by atoms with van der Waals surface area (Å²) in [6.45, 7) is 0.314. The average Bonchev–Trinajstić information content (AvgIpc) is 2.43. The molecule has 0 amide bonds. The molecule has 1 aliphatic carbocycles. The van der Waals surface area contributed by atoms with E-state index in [1.165, 1.54) is 29.5 Å². The van der Waals surface area contributed by atoms with Crippen molar-refractivity contribution in [2.45, 2.75) is 25.3 Å². The minimum absolute atomic E-state index is 0.314. The molecule has 0 aromatic heterocycles. The summed E-state index contributed by atoms with van der Waals surface area (Å²) in [5.74, 6) is 0.840. The Labute approximate surface area is 118 Å². The van der Waals surface area contributed by atoms with Gasteiger partial charge in [0, 0.05) is 11.6 Å². The Bertz CT molecular complexity index is 445. The molecule has 1 atom stereocenters. The summed E-state index contributed by atoms with van der Waals surface area (Å²) in [6.07, 6.45) is 3.56. The van der Waals surface area contributed by atoms with E-state index in [0.29, 0.717) is 17.7 Å². The van der Waals surface area contributed by atoms with Crippen molar-refractivity contribution in [1.82, 2.24) is 5.32 Å². The van der Waals surface area contributed by atoms with Gasteiger partial charge in [-0.25, -0.2) is 0 Å². The Kier molecular flexibility index (Phi) is 4.93. The van der Waals surface area contributed by atoms with E-state index >= 15 is 0 Å². The van der Waals surface area contributed by atoms with E-state index in [1.807, 2.05) is 13.1 Å². The third-order valence-electron chi connectivity index (χ3n) is 3.28. The van der Waals surface area contributed by atoms with Crippen molar-refractivity contribution >= 4 is 23.2 Å². The highest BCUT2D eigenvalue weighted by atomic mass is 35.5. The fourth-order valence-electron chi connectivity index (χ4n) is 2.35. The lowest BCUT2D eigenvalue weighted by molar-refractivity contribution is 0.357. The molecule has 18 heavy (non-hydrogen) atoms. The Hall–Kier alpha value is -0.700. The molecule has 0 fully saturated rings. The van der Waals surface area contributed by atoms with Gasteiger partial charge in [-0.3, -0.25) is 0 Å². The average molecular weight is 286 g/mol. The van der Waals surface area contributed by atoms with Gasteiger partial charge in [-0.05, 0) is 49.6 Å². The molecule has 0 spiro atoms. The maximum atomic E-state index is 5.81. The topological polar surface area (TPSA) is 21.3 Å². The first-order chi connectivity index (χ1) is 8.74. The van der Waals surface area contributed by atoms with Crippen LogP contribution >= 0.6 is 23.2 Å². The van der Waals surface area contributed by atoms with Crippen molar-refractivity contribution in [1.29, 1.82) is 0 Å². The summed E-state index contributed by atoms with van der Waals surface area (Å²) in [6, 6.07) is 6.67. The first-order valence-corrected chi connectivity index (χ1v) is 6.93. The van der Waals surface area contributed by atoms with Crippen LogP contribution in [-0.2, 0) is 6.42 Å². The molecule has 0 saturated carbocycles. The lowest BCUT2D eigenvalue weighted by atomic mass is 9.87. The molecule has 2 rings (SSSR count). The highest BCUT2D eigenvalue weighted by Crippen LogP contribution is 2.32. The molecule has 0 saturated heterocycles. The van der Waals surface area contributed by atoms with Crippen molar-refractivity contribution in [3.8, 4) is 5.75 Å². The predicted octanol–water partition coefficient (Wildman–Crippen LogP) is 3.98. The monoisotopic (exact) mass is 285 g/mol. The van der Waals surface area contributed by atoms with Crippen LogP contribution in [0.5, 0.6) is 5.75 Å². The Balaban J connectivity index is 2.14. The molecular formula is C14H17Cl2NO. The summed E-state index contributed by atoms with van der Waals surface area (Å²) in [4.78, 5) is 0. The molecule has 0 heterocycles.